The summed E-state index contributed by atoms with van der Waals surface area (Å²) < 4.78 is 0. The quantitative estimate of drug-likeness (QED) is 0.412. The molecule has 0 heterocycles. The summed E-state index contributed by atoms with van der Waals surface area (Å²) >= 11 is 0. The molecule has 2 aliphatic rings. The topological polar surface area (TPSA) is 0 Å². The van der Waals surface area contributed by atoms with Gasteiger partial charge in [-0.05, 0) is 31.1 Å². The molecule has 0 radical (unpaired) electrons. The lowest BCUT2D eigenvalue weighted by atomic mass is 10.1. The van der Waals surface area contributed by atoms with Gasteiger partial charge in [-0.25, -0.2) is 0 Å². The molecule has 2 fully saturated rings. The lowest BCUT2D eigenvalue weighted by molar-refractivity contribution is 0.611. The van der Waals surface area contributed by atoms with Gasteiger partial charge < -0.3 is 0 Å². The lowest BCUT2D eigenvalue weighted by Gasteiger charge is -1.98. The van der Waals surface area contributed by atoms with Crippen LogP contribution in [0.4, 0.5) is 0 Å². The summed E-state index contributed by atoms with van der Waals surface area (Å²) in [7, 11) is 0. The summed E-state index contributed by atoms with van der Waals surface area (Å²) in [4.78, 5) is 0. The second kappa shape index (κ2) is 1.29. The van der Waals surface area contributed by atoms with Crippen LogP contribution in [0.25, 0.3) is 0 Å². The lowest BCUT2D eigenvalue weighted by Crippen LogP contribution is -1.90. The molecule has 2 atom stereocenters. The highest BCUT2D eigenvalue weighted by molar-refractivity contribution is 5.06. The van der Waals surface area contributed by atoms with Gasteiger partial charge in [0, 0.05) is 5.92 Å². The molecule has 0 aromatic carbocycles. The molecule has 0 bridgehead atoms. The van der Waals surface area contributed by atoms with E-state index in [4.69, 9.17) is 6.42 Å². The molecule has 0 amide bonds. The molecule has 0 aromatic heterocycles. The first kappa shape index (κ1) is 4.44. The Morgan fingerprint density at radius 1 is 1.12 bits per heavy atom. The van der Waals surface area contributed by atoms with Crippen LogP contribution in [0.1, 0.15) is 19.3 Å². The van der Waals surface area contributed by atoms with Crippen LogP contribution in [0, 0.1) is 30.1 Å². The van der Waals surface area contributed by atoms with Gasteiger partial charge in [0.05, 0.1) is 0 Å². The Bertz CT molecular complexity index is 131. The molecule has 2 aliphatic carbocycles. The summed E-state index contributed by atoms with van der Waals surface area (Å²) in [5.41, 5.74) is 0. The molecule has 2 saturated carbocycles. The Hall–Kier alpha value is -0.440. The third kappa shape index (κ3) is 0.478. The van der Waals surface area contributed by atoms with Crippen molar-refractivity contribution in [1.29, 1.82) is 0 Å². The average molecular weight is 106 g/mol. The molecular weight excluding hydrogens is 96.1 g/mol. The summed E-state index contributed by atoms with van der Waals surface area (Å²) in [6.07, 6.45) is 9.42. The number of fused-ring (bicyclic) bond motifs is 1. The van der Waals surface area contributed by atoms with Crippen LogP contribution in [-0.2, 0) is 0 Å². The highest BCUT2D eigenvalue weighted by atomic mass is 14.5. The Balaban J connectivity index is 2.01. The summed E-state index contributed by atoms with van der Waals surface area (Å²) in [5.74, 6) is 5.58. The van der Waals surface area contributed by atoms with Crippen LogP contribution in [0.5, 0.6) is 0 Å². The maximum atomic E-state index is 5.27. The van der Waals surface area contributed by atoms with Crippen molar-refractivity contribution in [2.45, 2.75) is 19.3 Å². The molecule has 0 aliphatic heterocycles. The number of hydrogen-bond donors (Lipinski definition) is 0. The normalized spacial score (nSPS) is 43.4. The standard InChI is InChI=1S/C8H10/c1-2-6-3-7-5-8(7)4-6/h1,6-8H,3-5H2/t7-,8-/m1/s1. The van der Waals surface area contributed by atoms with E-state index < -0.39 is 0 Å². The van der Waals surface area contributed by atoms with Crippen molar-refractivity contribution < 1.29 is 0 Å². The van der Waals surface area contributed by atoms with E-state index in [2.05, 4.69) is 5.92 Å². The van der Waals surface area contributed by atoms with E-state index in [1.165, 1.54) is 19.3 Å². The predicted molar refractivity (Wildman–Crippen MR) is 33.2 cm³/mol. The second-order valence-electron chi connectivity index (χ2n) is 3.09. The maximum absolute atomic E-state index is 5.27. The van der Waals surface area contributed by atoms with Crippen molar-refractivity contribution in [2.24, 2.45) is 17.8 Å². The minimum atomic E-state index is 0.652. The van der Waals surface area contributed by atoms with Crippen molar-refractivity contribution >= 4 is 0 Å². The molecule has 2 rings (SSSR count). The van der Waals surface area contributed by atoms with Crippen molar-refractivity contribution in [3.8, 4) is 12.3 Å². The minimum absolute atomic E-state index is 0.652. The van der Waals surface area contributed by atoms with Gasteiger partial charge in [0.2, 0.25) is 0 Å². The van der Waals surface area contributed by atoms with Gasteiger partial charge >= 0.3 is 0 Å². The zero-order chi connectivity index (χ0) is 5.56. The SMILES string of the molecule is C#CC1C[C@@H]2C[C@H]2C1. The van der Waals surface area contributed by atoms with E-state index in [0.717, 1.165) is 11.8 Å². The van der Waals surface area contributed by atoms with E-state index in [1.54, 1.807) is 0 Å². The highest BCUT2D eigenvalue weighted by Gasteiger charge is 2.44. The third-order valence-corrected chi connectivity index (χ3v) is 2.48. The summed E-state index contributed by atoms with van der Waals surface area (Å²) in [6.45, 7) is 0. The first-order valence-electron chi connectivity index (χ1n) is 3.36. The van der Waals surface area contributed by atoms with E-state index in [0.29, 0.717) is 5.92 Å². The molecule has 0 unspecified atom stereocenters. The van der Waals surface area contributed by atoms with Crippen molar-refractivity contribution in [3.05, 3.63) is 0 Å². The van der Waals surface area contributed by atoms with Crippen LogP contribution in [0.15, 0.2) is 0 Å². The van der Waals surface area contributed by atoms with Gasteiger partial charge in [-0.3, -0.25) is 0 Å². The Morgan fingerprint density at radius 3 is 2.12 bits per heavy atom. The molecule has 0 nitrogen and oxygen atoms in total. The second-order valence-corrected chi connectivity index (χ2v) is 3.09. The smallest absolute Gasteiger partial charge is 0.0205 e. The van der Waals surface area contributed by atoms with Crippen LogP contribution in [0.3, 0.4) is 0 Å². The van der Waals surface area contributed by atoms with Gasteiger partial charge in [-0.2, -0.15) is 0 Å². The van der Waals surface area contributed by atoms with Gasteiger partial charge in [0.15, 0.2) is 0 Å². The number of rotatable bonds is 0. The Kier molecular flexibility index (Phi) is 0.713. The van der Waals surface area contributed by atoms with Gasteiger partial charge in [-0.1, -0.05) is 0 Å². The van der Waals surface area contributed by atoms with Gasteiger partial charge in [0.1, 0.15) is 0 Å². The molecule has 42 valence electrons. The molecular formula is C8H10. The Labute approximate surface area is 50.3 Å². The van der Waals surface area contributed by atoms with Crippen LogP contribution in [-0.4, -0.2) is 0 Å². The predicted octanol–water partition coefficient (Wildman–Crippen LogP) is 1.67. The number of hydrogen-bond acceptors (Lipinski definition) is 0. The van der Waals surface area contributed by atoms with Gasteiger partial charge in [-0.15, -0.1) is 12.3 Å². The molecule has 8 heavy (non-hydrogen) atoms. The van der Waals surface area contributed by atoms with Crippen molar-refractivity contribution in [2.75, 3.05) is 0 Å². The van der Waals surface area contributed by atoms with E-state index in [9.17, 15) is 0 Å². The van der Waals surface area contributed by atoms with Crippen LogP contribution in [0.2, 0.25) is 0 Å². The zero-order valence-electron chi connectivity index (χ0n) is 4.93. The average Bonchev–Trinajstić information content (AvgIpc) is 2.40. The Morgan fingerprint density at radius 2 is 1.75 bits per heavy atom. The summed E-state index contributed by atoms with van der Waals surface area (Å²) in [5, 5.41) is 0. The largest absolute Gasteiger partial charge is 0.120 e. The van der Waals surface area contributed by atoms with Crippen LogP contribution >= 0.6 is 0 Å². The molecule has 0 aromatic rings. The van der Waals surface area contributed by atoms with Crippen molar-refractivity contribution in [3.63, 3.8) is 0 Å². The molecule has 0 spiro atoms. The third-order valence-electron chi connectivity index (χ3n) is 2.48. The number of terminal acetylenes is 1. The van der Waals surface area contributed by atoms with E-state index in [1.807, 2.05) is 0 Å². The molecule has 0 saturated heterocycles. The minimum Gasteiger partial charge on any atom is -0.120 e. The first-order valence-corrected chi connectivity index (χ1v) is 3.36. The van der Waals surface area contributed by atoms with E-state index >= 15 is 0 Å². The monoisotopic (exact) mass is 106 g/mol. The van der Waals surface area contributed by atoms with E-state index in [-0.39, 0.29) is 0 Å². The fraction of sp³-hybridized carbons (Fsp3) is 0.750. The molecule has 0 N–H and O–H groups in total. The molecule has 0 heteroatoms. The summed E-state index contributed by atoms with van der Waals surface area (Å²) in [6, 6.07) is 0. The van der Waals surface area contributed by atoms with Gasteiger partial charge in [0.25, 0.3) is 0 Å². The fourth-order valence-corrected chi connectivity index (χ4v) is 1.85. The highest BCUT2D eigenvalue weighted by Crippen LogP contribution is 2.53. The fourth-order valence-electron chi connectivity index (χ4n) is 1.85. The maximum Gasteiger partial charge on any atom is 0.0205 e. The van der Waals surface area contributed by atoms with Crippen molar-refractivity contribution in [1.82, 2.24) is 0 Å². The zero-order valence-corrected chi connectivity index (χ0v) is 4.93. The first-order chi connectivity index (χ1) is 3.90. The van der Waals surface area contributed by atoms with Crippen LogP contribution < -0.4 is 0 Å².